The highest BCUT2D eigenvalue weighted by Crippen LogP contribution is 2.45. The van der Waals surface area contributed by atoms with Crippen LogP contribution >= 0.6 is 0 Å². The first-order valence-corrected chi connectivity index (χ1v) is 10.5. The van der Waals surface area contributed by atoms with Crippen LogP contribution in [0.25, 0.3) is 11.1 Å². The van der Waals surface area contributed by atoms with Crippen molar-refractivity contribution in [3.63, 3.8) is 0 Å². The minimum absolute atomic E-state index is 0.338. The summed E-state index contributed by atoms with van der Waals surface area (Å²) in [5.74, 6) is 2.23. The fourth-order valence-electron chi connectivity index (χ4n) is 5.23. The number of hydrogen-bond acceptors (Lipinski definition) is 2. The van der Waals surface area contributed by atoms with Gasteiger partial charge in [0.05, 0.1) is 0 Å². The van der Waals surface area contributed by atoms with Crippen LogP contribution in [0.3, 0.4) is 0 Å². The number of benzene rings is 2. The molecule has 28 heavy (non-hydrogen) atoms. The number of rotatable bonds is 3. The molecule has 2 aliphatic carbocycles. The molecule has 0 fully saturated rings. The third-order valence-corrected chi connectivity index (χ3v) is 6.80. The standard InChI is InChI=1S/C26H30O2/c1-17-15-21(7-13-25(17)19-3-9-23(27)10-4-19)22-8-14-26(18(2)16-22)20-5-11-24(28)12-6-20/h3-6,9-12,21-22,27-28H,7-8,13-16H2,1-2H3. The third-order valence-electron chi connectivity index (χ3n) is 6.80. The topological polar surface area (TPSA) is 40.5 Å². The molecule has 2 heteroatoms. The zero-order chi connectivity index (χ0) is 19.7. The number of aromatic hydroxyl groups is 2. The van der Waals surface area contributed by atoms with Crippen molar-refractivity contribution in [3.05, 3.63) is 70.8 Å². The van der Waals surface area contributed by atoms with Gasteiger partial charge in [-0.2, -0.15) is 0 Å². The highest BCUT2D eigenvalue weighted by molar-refractivity contribution is 5.71. The van der Waals surface area contributed by atoms with E-state index in [1.165, 1.54) is 59.1 Å². The molecular weight excluding hydrogens is 344 g/mol. The first-order chi connectivity index (χ1) is 13.5. The molecule has 2 aliphatic rings. The van der Waals surface area contributed by atoms with E-state index in [2.05, 4.69) is 13.8 Å². The van der Waals surface area contributed by atoms with Crippen LogP contribution in [0.2, 0.25) is 0 Å². The second-order valence-corrected chi connectivity index (χ2v) is 8.62. The number of phenols is 2. The molecule has 0 aromatic heterocycles. The average Bonchev–Trinajstić information content (AvgIpc) is 2.69. The highest BCUT2D eigenvalue weighted by atomic mass is 16.3. The molecule has 0 heterocycles. The normalized spacial score (nSPS) is 23.2. The molecule has 0 aliphatic heterocycles. The Labute approximate surface area is 168 Å². The maximum atomic E-state index is 9.54. The molecule has 2 aromatic rings. The van der Waals surface area contributed by atoms with E-state index >= 15 is 0 Å². The predicted molar refractivity (Wildman–Crippen MR) is 116 cm³/mol. The molecule has 2 N–H and O–H groups in total. The molecule has 2 nitrogen and oxygen atoms in total. The van der Waals surface area contributed by atoms with Crippen molar-refractivity contribution in [2.24, 2.45) is 11.8 Å². The fourth-order valence-corrected chi connectivity index (χ4v) is 5.23. The largest absolute Gasteiger partial charge is 0.508 e. The molecule has 2 aromatic carbocycles. The monoisotopic (exact) mass is 374 g/mol. The zero-order valence-corrected chi connectivity index (χ0v) is 16.9. The van der Waals surface area contributed by atoms with E-state index in [0.29, 0.717) is 11.5 Å². The second-order valence-electron chi connectivity index (χ2n) is 8.62. The summed E-state index contributed by atoms with van der Waals surface area (Å²) in [7, 11) is 0. The van der Waals surface area contributed by atoms with Gasteiger partial charge in [-0.25, -0.2) is 0 Å². The Hall–Kier alpha value is -2.48. The lowest BCUT2D eigenvalue weighted by Gasteiger charge is -2.36. The zero-order valence-electron chi connectivity index (χ0n) is 16.9. The summed E-state index contributed by atoms with van der Waals surface area (Å²) in [5.41, 5.74) is 8.53. The molecular formula is C26H30O2. The van der Waals surface area contributed by atoms with Crippen molar-refractivity contribution in [1.82, 2.24) is 0 Å². The van der Waals surface area contributed by atoms with Crippen molar-refractivity contribution in [2.75, 3.05) is 0 Å². The molecule has 0 spiro atoms. The molecule has 146 valence electrons. The summed E-state index contributed by atoms with van der Waals surface area (Å²) in [5, 5.41) is 19.1. The molecule has 0 saturated heterocycles. The van der Waals surface area contributed by atoms with Crippen LogP contribution in [0, 0.1) is 11.8 Å². The van der Waals surface area contributed by atoms with Gasteiger partial charge < -0.3 is 10.2 Å². The van der Waals surface area contributed by atoms with Gasteiger partial charge in [-0.1, -0.05) is 35.4 Å². The van der Waals surface area contributed by atoms with Crippen molar-refractivity contribution in [3.8, 4) is 11.5 Å². The maximum Gasteiger partial charge on any atom is 0.115 e. The SMILES string of the molecule is CC1=C(c2ccc(O)cc2)CCC(C2CCC(c3ccc(O)cc3)=C(C)C2)C1. The average molecular weight is 375 g/mol. The summed E-state index contributed by atoms with van der Waals surface area (Å²) >= 11 is 0. The van der Waals surface area contributed by atoms with Crippen LogP contribution in [0.5, 0.6) is 11.5 Å². The molecule has 0 saturated carbocycles. The summed E-state index contributed by atoms with van der Waals surface area (Å²) in [6, 6.07) is 15.4. The van der Waals surface area contributed by atoms with Crippen molar-refractivity contribution < 1.29 is 10.2 Å². The minimum Gasteiger partial charge on any atom is -0.508 e. The van der Waals surface area contributed by atoms with E-state index < -0.39 is 0 Å². The Bertz CT molecular complexity index is 823. The van der Waals surface area contributed by atoms with Crippen LogP contribution in [0.1, 0.15) is 63.5 Å². The van der Waals surface area contributed by atoms with Crippen LogP contribution < -0.4 is 0 Å². The van der Waals surface area contributed by atoms with Gasteiger partial charge in [-0.3, -0.25) is 0 Å². The van der Waals surface area contributed by atoms with E-state index in [9.17, 15) is 10.2 Å². The van der Waals surface area contributed by atoms with Gasteiger partial charge in [0.25, 0.3) is 0 Å². The van der Waals surface area contributed by atoms with Crippen molar-refractivity contribution in [2.45, 2.75) is 52.4 Å². The Morgan fingerprint density at radius 3 is 1.29 bits per heavy atom. The van der Waals surface area contributed by atoms with Gasteiger partial charge in [-0.15, -0.1) is 0 Å². The van der Waals surface area contributed by atoms with E-state index in [1.807, 2.05) is 24.3 Å². The van der Waals surface area contributed by atoms with E-state index in [-0.39, 0.29) is 0 Å². The molecule has 0 radical (unpaired) electrons. The minimum atomic E-state index is 0.338. The van der Waals surface area contributed by atoms with E-state index in [0.717, 1.165) is 24.7 Å². The Kier molecular flexibility index (Phi) is 5.30. The third kappa shape index (κ3) is 3.87. The first kappa shape index (κ1) is 18.9. The molecule has 0 amide bonds. The second kappa shape index (κ2) is 7.87. The fraction of sp³-hybridized carbons (Fsp3) is 0.385. The van der Waals surface area contributed by atoms with Crippen molar-refractivity contribution in [1.29, 1.82) is 0 Å². The summed E-state index contributed by atoms with van der Waals surface area (Å²) < 4.78 is 0. The van der Waals surface area contributed by atoms with Crippen molar-refractivity contribution >= 4 is 11.1 Å². The smallest absolute Gasteiger partial charge is 0.115 e. The van der Waals surface area contributed by atoms with Crippen LogP contribution in [0.15, 0.2) is 59.7 Å². The van der Waals surface area contributed by atoms with Gasteiger partial charge in [0.2, 0.25) is 0 Å². The van der Waals surface area contributed by atoms with Crippen LogP contribution in [0.4, 0.5) is 0 Å². The van der Waals surface area contributed by atoms with Gasteiger partial charge in [0.1, 0.15) is 11.5 Å². The number of phenolic OH excluding ortho intramolecular Hbond substituents is 2. The van der Waals surface area contributed by atoms with Crippen LogP contribution in [-0.2, 0) is 0 Å². The lowest BCUT2D eigenvalue weighted by molar-refractivity contribution is 0.281. The molecule has 2 atom stereocenters. The molecule has 2 unspecified atom stereocenters. The number of allylic oxidation sites excluding steroid dienone is 4. The summed E-state index contributed by atoms with van der Waals surface area (Å²) in [6.07, 6.45) is 7.21. The summed E-state index contributed by atoms with van der Waals surface area (Å²) in [6.45, 7) is 4.59. The number of hydrogen-bond donors (Lipinski definition) is 2. The van der Waals surface area contributed by atoms with Gasteiger partial charge >= 0.3 is 0 Å². The lowest BCUT2D eigenvalue weighted by Crippen LogP contribution is -2.22. The molecule has 4 rings (SSSR count). The molecule has 0 bridgehead atoms. The lowest BCUT2D eigenvalue weighted by atomic mass is 9.69. The van der Waals surface area contributed by atoms with Gasteiger partial charge in [0, 0.05) is 0 Å². The van der Waals surface area contributed by atoms with Crippen LogP contribution in [-0.4, -0.2) is 10.2 Å². The quantitative estimate of drug-likeness (QED) is 0.610. The maximum absolute atomic E-state index is 9.54. The van der Waals surface area contributed by atoms with Gasteiger partial charge in [-0.05, 0) is 111 Å². The first-order valence-electron chi connectivity index (χ1n) is 10.5. The highest BCUT2D eigenvalue weighted by Gasteiger charge is 2.29. The van der Waals surface area contributed by atoms with E-state index in [1.54, 1.807) is 24.3 Å². The van der Waals surface area contributed by atoms with Gasteiger partial charge in [0.15, 0.2) is 0 Å². The predicted octanol–water partition coefficient (Wildman–Crippen LogP) is 6.95. The Balaban J connectivity index is 1.47. The van der Waals surface area contributed by atoms with E-state index in [4.69, 9.17) is 0 Å². The Morgan fingerprint density at radius 2 is 0.964 bits per heavy atom. The summed E-state index contributed by atoms with van der Waals surface area (Å²) in [4.78, 5) is 0. The Morgan fingerprint density at radius 1 is 0.607 bits per heavy atom.